The highest BCUT2D eigenvalue weighted by Crippen LogP contribution is 2.41. The van der Waals surface area contributed by atoms with Crippen LogP contribution >= 0.6 is 0 Å². The zero-order chi connectivity index (χ0) is 27.4. The summed E-state index contributed by atoms with van der Waals surface area (Å²) in [4.78, 5) is 4.68. The average Bonchev–Trinajstić information content (AvgIpc) is 3.45. The fraction of sp³-hybridized carbons (Fsp3) is 0.257. The van der Waals surface area contributed by atoms with Crippen LogP contribution in [0, 0.1) is 13.8 Å². The summed E-state index contributed by atoms with van der Waals surface area (Å²) in [6.07, 6.45) is 0. The number of aryl methyl sites for hydroxylation is 3. The van der Waals surface area contributed by atoms with E-state index in [9.17, 15) is 0 Å². The van der Waals surface area contributed by atoms with E-state index in [-0.39, 0.29) is 0 Å². The normalized spacial score (nSPS) is 11.9. The number of oxazole rings is 1. The first-order valence-electron chi connectivity index (χ1n) is 13.9. The van der Waals surface area contributed by atoms with Crippen molar-refractivity contribution in [2.24, 2.45) is 7.05 Å². The van der Waals surface area contributed by atoms with Crippen LogP contribution in [-0.4, -0.2) is 9.55 Å². The molecular weight excluding hydrogens is 478 g/mol. The second-order valence-electron chi connectivity index (χ2n) is 11.2. The first kappa shape index (κ1) is 25.1. The zero-order valence-electron chi connectivity index (χ0n) is 23.9. The van der Waals surface area contributed by atoms with Crippen molar-refractivity contribution in [2.75, 3.05) is 0 Å². The average molecular weight is 515 g/mol. The van der Waals surface area contributed by atoms with Crippen LogP contribution in [0.1, 0.15) is 62.1 Å². The van der Waals surface area contributed by atoms with Gasteiger partial charge in [-0.2, -0.15) is 4.57 Å². The quantitative estimate of drug-likeness (QED) is 0.215. The van der Waals surface area contributed by atoms with Gasteiger partial charge in [0.1, 0.15) is 16.8 Å². The van der Waals surface area contributed by atoms with Gasteiger partial charge in [-0.15, -0.1) is 0 Å². The van der Waals surface area contributed by atoms with Crippen molar-refractivity contribution in [3.8, 4) is 28.2 Å². The molecule has 0 bridgehead atoms. The lowest BCUT2D eigenvalue weighted by Crippen LogP contribution is -2.30. The highest BCUT2D eigenvalue weighted by atomic mass is 16.3. The van der Waals surface area contributed by atoms with Gasteiger partial charge in [0.25, 0.3) is 5.82 Å². The molecule has 6 aromatic rings. The van der Waals surface area contributed by atoms with Crippen molar-refractivity contribution in [1.82, 2.24) is 9.55 Å². The number of nitrogens with zero attached hydrogens (tertiary/aromatic N) is 3. The summed E-state index contributed by atoms with van der Waals surface area (Å²) >= 11 is 0. The minimum atomic E-state index is 0.324. The molecule has 0 aliphatic heterocycles. The van der Waals surface area contributed by atoms with Crippen molar-refractivity contribution < 1.29 is 8.98 Å². The molecule has 0 spiro atoms. The molecule has 0 aliphatic rings. The van der Waals surface area contributed by atoms with Crippen LogP contribution < -0.4 is 4.57 Å². The summed E-state index contributed by atoms with van der Waals surface area (Å²) in [5, 5.41) is 0. The number of rotatable bonds is 5. The third-order valence-electron chi connectivity index (χ3n) is 7.85. The van der Waals surface area contributed by atoms with Gasteiger partial charge in [-0.3, -0.25) is 0 Å². The van der Waals surface area contributed by atoms with Gasteiger partial charge in [0, 0.05) is 18.1 Å². The molecule has 0 amide bonds. The van der Waals surface area contributed by atoms with Crippen LogP contribution in [0.15, 0.2) is 83.3 Å². The van der Waals surface area contributed by atoms with Crippen molar-refractivity contribution in [1.29, 1.82) is 0 Å². The summed E-state index contributed by atoms with van der Waals surface area (Å²) in [5.41, 5.74) is 12.8. The first-order valence-corrected chi connectivity index (χ1v) is 13.9. The summed E-state index contributed by atoms with van der Waals surface area (Å²) in [6.45, 7) is 13.3. The molecule has 4 aromatic carbocycles. The standard InChI is InChI=1S/C35H36N3O/c1-21(2)27-19-26(25-13-9-8-10-14-25)20-28(22(3)4)33(27)38-31-16-12-11-15-30(31)37(7)35(38)32-23(5)17-18-29-34(32)39-24(6)36-29/h8-22H,1-7H3/q+1. The number of para-hydroxylation sites is 2. The molecule has 0 aliphatic carbocycles. The van der Waals surface area contributed by atoms with Gasteiger partial charge in [-0.1, -0.05) is 76.2 Å². The van der Waals surface area contributed by atoms with E-state index in [1.165, 1.54) is 39.0 Å². The molecule has 39 heavy (non-hydrogen) atoms. The molecule has 0 atom stereocenters. The SMILES string of the molecule is Cc1nc2ccc(C)c(-c3n(-c4c(C(C)C)cc(-c5ccccc5)cc4C(C)C)c4ccccc4[n+]3C)c2o1. The van der Waals surface area contributed by atoms with Gasteiger partial charge >= 0.3 is 0 Å². The van der Waals surface area contributed by atoms with E-state index in [2.05, 4.69) is 135 Å². The Labute approximate surface area is 230 Å². The predicted octanol–water partition coefficient (Wildman–Crippen LogP) is 8.79. The summed E-state index contributed by atoms with van der Waals surface area (Å²) < 4.78 is 11.1. The van der Waals surface area contributed by atoms with Gasteiger partial charge in [0.2, 0.25) is 0 Å². The number of aromatic nitrogens is 3. The van der Waals surface area contributed by atoms with Crippen LogP contribution in [0.3, 0.4) is 0 Å². The van der Waals surface area contributed by atoms with E-state index in [0.717, 1.165) is 28.1 Å². The number of fused-ring (bicyclic) bond motifs is 2. The highest BCUT2D eigenvalue weighted by Gasteiger charge is 2.33. The van der Waals surface area contributed by atoms with E-state index in [1.807, 2.05) is 6.92 Å². The molecular formula is C35H36N3O+. The van der Waals surface area contributed by atoms with Crippen molar-refractivity contribution >= 4 is 22.1 Å². The van der Waals surface area contributed by atoms with Gasteiger partial charge in [0.05, 0.1) is 7.05 Å². The monoisotopic (exact) mass is 514 g/mol. The van der Waals surface area contributed by atoms with Crippen LogP contribution in [0.2, 0.25) is 0 Å². The second kappa shape index (κ2) is 9.53. The van der Waals surface area contributed by atoms with Crippen molar-refractivity contribution in [3.05, 3.63) is 101 Å². The molecule has 0 unspecified atom stereocenters. The topological polar surface area (TPSA) is 34.8 Å². The first-order chi connectivity index (χ1) is 18.8. The Morgan fingerprint density at radius 1 is 0.769 bits per heavy atom. The molecule has 4 heteroatoms. The van der Waals surface area contributed by atoms with Crippen LogP contribution in [-0.2, 0) is 7.05 Å². The number of hydrogen-bond acceptors (Lipinski definition) is 2. The van der Waals surface area contributed by atoms with E-state index in [4.69, 9.17) is 4.42 Å². The van der Waals surface area contributed by atoms with Crippen LogP contribution in [0.25, 0.3) is 50.3 Å². The fourth-order valence-electron chi connectivity index (χ4n) is 5.92. The van der Waals surface area contributed by atoms with Crippen LogP contribution in [0.4, 0.5) is 0 Å². The van der Waals surface area contributed by atoms with E-state index >= 15 is 0 Å². The number of benzene rings is 4. The third-order valence-corrected chi connectivity index (χ3v) is 7.85. The molecule has 0 saturated carbocycles. The molecule has 0 saturated heterocycles. The Bertz CT molecular complexity index is 1810. The largest absolute Gasteiger partial charge is 0.440 e. The Hall–Kier alpha value is -4.18. The minimum Gasteiger partial charge on any atom is -0.440 e. The Morgan fingerprint density at radius 3 is 2.08 bits per heavy atom. The molecule has 2 heterocycles. The molecule has 4 nitrogen and oxygen atoms in total. The highest BCUT2D eigenvalue weighted by molar-refractivity contribution is 5.92. The second-order valence-corrected chi connectivity index (χ2v) is 11.2. The smallest absolute Gasteiger partial charge is 0.299 e. The summed E-state index contributed by atoms with van der Waals surface area (Å²) in [7, 11) is 2.16. The summed E-state index contributed by atoms with van der Waals surface area (Å²) in [5.74, 6) is 2.43. The molecule has 0 radical (unpaired) electrons. The molecule has 196 valence electrons. The van der Waals surface area contributed by atoms with E-state index in [1.54, 1.807) is 0 Å². The molecule has 0 fully saturated rings. The maximum atomic E-state index is 6.27. The van der Waals surface area contributed by atoms with E-state index < -0.39 is 0 Å². The number of hydrogen-bond donors (Lipinski definition) is 0. The Morgan fingerprint density at radius 2 is 1.41 bits per heavy atom. The molecule has 6 rings (SSSR count). The zero-order valence-corrected chi connectivity index (χ0v) is 23.9. The Balaban J connectivity index is 1.79. The summed E-state index contributed by atoms with van der Waals surface area (Å²) in [6, 6.07) is 28.4. The van der Waals surface area contributed by atoms with Gasteiger partial charge < -0.3 is 4.42 Å². The maximum absolute atomic E-state index is 6.27. The lowest BCUT2D eigenvalue weighted by atomic mass is 9.88. The van der Waals surface area contributed by atoms with Gasteiger partial charge in [-0.05, 0) is 65.8 Å². The fourth-order valence-corrected chi connectivity index (χ4v) is 5.92. The van der Waals surface area contributed by atoms with Crippen molar-refractivity contribution in [3.63, 3.8) is 0 Å². The number of imidazole rings is 1. The molecule has 0 N–H and O–H groups in total. The minimum absolute atomic E-state index is 0.324. The van der Waals surface area contributed by atoms with Gasteiger partial charge in [0.15, 0.2) is 22.5 Å². The lowest BCUT2D eigenvalue weighted by Gasteiger charge is -2.21. The van der Waals surface area contributed by atoms with E-state index in [0.29, 0.717) is 17.7 Å². The molecule has 2 aromatic heterocycles. The predicted molar refractivity (Wildman–Crippen MR) is 161 cm³/mol. The third kappa shape index (κ3) is 4.06. The van der Waals surface area contributed by atoms with Crippen LogP contribution in [0.5, 0.6) is 0 Å². The Kier molecular flexibility index (Phi) is 6.14. The van der Waals surface area contributed by atoms with Gasteiger partial charge in [-0.25, -0.2) is 9.55 Å². The van der Waals surface area contributed by atoms with Crippen molar-refractivity contribution in [2.45, 2.75) is 53.4 Å². The lowest BCUT2D eigenvalue weighted by molar-refractivity contribution is -0.633. The maximum Gasteiger partial charge on any atom is 0.299 e.